The number of halogens is 1. The van der Waals surface area contributed by atoms with Crippen LogP contribution in [0.15, 0.2) is 31.1 Å². The Kier molecular flexibility index (Phi) is 4.59. The van der Waals surface area contributed by atoms with E-state index in [1.807, 2.05) is 25.3 Å². The minimum Gasteiger partial charge on any atom is -0.351 e. The Morgan fingerprint density at radius 2 is 2.00 bits per heavy atom. The van der Waals surface area contributed by atoms with Crippen molar-refractivity contribution in [1.82, 2.24) is 24.6 Å². The molecule has 4 rings (SSSR count). The van der Waals surface area contributed by atoms with Crippen LogP contribution < -0.4 is 5.32 Å². The summed E-state index contributed by atoms with van der Waals surface area (Å²) in [7, 11) is 0. The third kappa shape index (κ3) is 3.29. The third-order valence-electron chi connectivity index (χ3n) is 4.87. The SMILES string of the molecule is C=C(c1ccc2ncc(Cl)n2n1)c1cnc(NC2CCCCC2)nc1C. The Morgan fingerprint density at radius 1 is 1.19 bits per heavy atom. The van der Waals surface area contributed by atoms with Gasteiger partial charge in [-0.1, -0.05) is 37.4 Å². The average Bonchev–Trinajstić information content (AvgIpc) is 3.03. The quantitative estimate of drug-likeness (QED) is 0.744. The van der Waals surface area contributed by atoms with E-state index in [0.717, 1.165) is 22.5 Å². The van der Waals surface area contributed by atoms with Crippen LogP contribution >= 0.6 is 11.6 Å². The zero-order chi connectivity index (χ0) is 18.1. The van der Waals surface area contributed by atoms with Gasteiger partial charge >= 0.3 is 0 Å². The number of nitrogens with one attached hydrogen (secondary N) is 1. The highest BCUT2D eigenvalue weighted by Crippen LogP contribution is 2.25. The third-order valence-corrected chi connectivity index (χ3v) is 5.13. The van der Waals surface area contributed by atoms with Crippen molar-refractivity contribution in [2.45, 2.75) is 45.1 Å². The second-order valence-corrected chi connectivity index (χ2v) is 7.11. The van der Waals surface area contributed by atoms with Gasteiger partial charge in [-0.05, 0) is 31.9 Å². The molecule has 0 aromatic carbocycles. The van der Waals surface area contributed by atoms with E-state index >= 15 is 0 Å². The van der Waals surface area contributed by atoms with Crippen LogP contribution in [0.3, 0.4) is 0 Å². The Balaban J connectivity index is 1.57. The van der Waals surface area contributed by atoms with Crippen LogP contribution in [-0.2, 0) is 0 Å². The first kappa shape index (κ1) is 17.0. The molecule has 1 N–H and O–H groups in total. The van der Waals surface area contributed by atoms with Crippen molar-refractivity contribution in [2.75, 3.05) is 5.32 Å². The van der Waals surface area contributed by atoms with Crippen molar-refractivity contribution in [3.05, 3.63) is 53.2 Å². The number of aryl methyl sites for hydroxylation is 1. The predicted molar refractivity (Wildman–Crippen MR) is 103 cm³/mol. The Labute approximate surface area is 157 Å². The van der Waals surface area contributed by atoms with E-state index in [4.69, 9.17) is 11.6 Å². The smallest absolute Gasteiger partial charge is 0.223 e. The summed E-state index contributed by atoms with van der Waals surface area (Å²) >= 11 is 6.12. The summed E-state index contributed by atoms with van der Waals surface area (Å²) in [5.41, 5.74) is 3.94. The second-order valence-electron chi connectivity index (χ2n) is 6.72. The highest BCUT2D eigenvalue weighted by atomic mass is 35.5. The van der Waals surface area contributed by atoms with E-state index in [0.29, 0.717) is 22.8 Å². The lowest BCUT2D eigenvalue weighted by Crippen LogP contribution is -2.23. The summed E-state index contributed by atoms with van der Waals surface area (Å²) in [4.78, 5) is 13.3. The van der Waals surface area contributed by atoms with Crippen molar-refractivity contribution in [3.63, 3.8) is 0 Å². The molecular weight excluding hydrogens is 348 g/mol. The van der Waals surface area contributed by atoms with Gasteiger partial charge in [0.1, 0.15) is 0 Å². The summed E-state index contributed by atoms with van der Waals surface area (Å²) in [5, 5.41) is 8.45. The molecule has 3 aromatic heterocycles. The van der Waals surface area contributed by atoms with Crippen molar-refractivity contribution in [1.29, 1.82) is 0 Å². The number of anilines is 1. The molecular formula is C19H21ClN6. The van der Waals surface area contributed by atoms with Gasteiger partial charge in [-0.3, -0.25) is 0 Å². The molecule has 0 atom stereocenters. The lowest BCUT2D eigenvalue weighted by atomic mass is 9.96. The van der Waals surface area contributed by atoms with E-state index in [-0.39, 0.29) is 0 Å². The number of hydrogen-bond acceptors (Lipinski definition) is 5. The van der Waals surface area contributed by atoms with Gasteiger partial charge in [-0.2, -0.15) is 5.10 Å². The molecule has 3 heterocycles. The van der Waals surface area contributed by atoms with Crippen LogP contribution in [0.1, 0.15) is 49.1 Å². The molecule has 1 saturated carbocycles. The Hall–Kier alpha value is -2.47. The molecule has 0 spiro atoms. The highest BCUT2D eigenvalue weighted by Gasteiger charge is 2.16. The van der Waals surface area contributed by atoms with Crippen LogP contribution in [0.5, 0.6) is 0 Å². The van der Waals surface area contributed by atoms with E-state index in [2.05, 4.69) is 31.9 Å². The predicted octanol–water partition coefficient (Wildman–Crippen LogP) is 4.29. The number of imidazole rings is 1. The Bertz CT molecular complexity index is 958. The molecule has 1 aliphatic rings. The van der Waals surface area contributed by atoms with Gasteiger partial charge in [-0.15, -0.1) is 0 Å². The van der Waals surface area contributed by atoms with Gasteiger partial charge in [0.05, 0.1) is 17.6 Å². The van der Waals surface area contributed by atoms with E-state index in [9.17, 15) is 0 Å². The van der Waals surface area contributed by atoms with Crippen molar-refractivity contribution in [2.24, 2.45) is 0 Å². The summed E-state index contributed by atoms with van der Waals surface area (Å²) in [6.07, 6.45) is 9.65. The lowest BCUT2D eigenvalue weighted by Gasteiger charge is -2.23. The van der Waals surface area contributed by atoms with Gasteiger partial charge in [-0.25, -0.2) is 19.5 Å². The number of nitrogens with zero attached hydrogens (tertiary/aromatic N) is 5. The molecule has 0 saturated heterocycles. The molecule has 0 unspecified atom stereocenters. The van der Waals surface area contributed by atoms with Crippen LogP contribution in [0, 0.1) is 6.92 Å². The van der Waals surface area contributed by atoms with Gasteiger partial charge in [0, 0.05) is 23.4 Å². The summed E-state index contributed by atoms with van der Waals surface area (Å²) in [6, 6.07) is 4.23. The maximum absolute atomic E-state index is 6.12. The standard InChI is InChI=1S/C19H21ClN6/c1-12(16-8-9-18-21-11-17(20)26(18)25-16)15-10-22-19(23-13(15)2)24-14-6-4-3-5-7-14/h8-11,14H,1,3-7H2,2H3,(H,22,23,24). The molecule has 1 fully saturated rings. The maximum Gasteiger partial charge on any atom is 0.223 e. The number of rotatable bonds is 4. The van der Waals surface area contributed by atoms with Crippen molar-refractivity contribution in [3.8, 4) is 0 Å². The average molecular weight is 369 g/mol. The molecule has 1 aliphatic carbocycles. The molecule has 134 valence electrons. The van der Waals surface area contributed by atoms with Gasteiger partial charge in [0.25, 0.3) is 0 Å². The van der Waals surface area contributed by atoms with Crippen LogP contribution in [0.2, 0.25) is 5.15 Å². The molecule has 0 aliphatic heterocycles. The first-order valence-electron chi connectivity index (χ1n) is 8.92. The molecule has 26 heavy (non-hydrogen) atoms. The topological polar surface area (TPSA) is 68.0 Å². The fourth-order valence-electron chi connectivity index (χ4n) is 3.41. The van der Waals surface area contributed by atoms with Crippen LogP contribution in [0.25, 0.3) is 11.2 Å². The summed E-state index contributed by atoms with van der Waals surface area (Å²) in [6.45, 7) is 6.15. The monoisotopic (exact) mass is 368 g/mol. The van der Waals surface area contributed by atoms with Gasteiger partial charge < -0.3 is 5.32 Å². The number of aromatic nitrogens is 5. The zero-order valence-electron chi connectivity index (χ0n) is 14.7. The van der Waals surface area contributed by atoms with E-state index in [1.54, 1.807) is 10.7 Å². The second kappa shape index (κ2) is 7.03. The highest BCUT2D eigenvalue weighted by molar-refractivity contribution is 6.29. The van der Waals surface area contributed by atoms with Crippen molar-refractivity contribution < 1.29 is 0 Å². The normalized spacial score (nSPS) is 15.3. The van der Waals surface area contributed by atoms with Crippen LogP contribution in [0.4, 0.5) is 5.95 Å². The number of hydrogen-bond donors (Lipinski definition) is 1. The fourth-order valence-corrected chi connectivity index (χ4v) is 3.58. The van der Waals surface area contributed by atoms with Crippen LogP contribution in [-0.4, -0.2) is 30.6 Å². The first-order valence-corrected chi connectivity index (χ1v) is 9.30. The maximum atomic E-state index is 6.12. The number of fused-ring (bicyclic) bond motifs is 1. The van der Waals surface area contributed by atoms with Gasteiger partial charge in [0.15, 0.2) is 10.8 Å². The summed E-state index contributed by atoms with van der Waals surface area (Å²) < 4.78 is 1.59. The largest absolute Gasteiger partial charge is 0.351 e. The van der Waals surface area contributed by atoms with E-state index in [1.165, 1.54) is 32.1 Å². The van der Waals surface area contributed by atoms with Gasteiger partial charge in [0.2, 0.25) is 5.95 Å². The fraction of sp³-hybridized carbons (Fsp3) is 0.368. The minimum absolute atomic E-state index is 0.467. The van der Waals surface area contributed by atoms with Crippen molar-refractivity contribution >= 4 is 28.8 Å². The zero-order valence-corrected chi connectivity index (χ0v) is 15.5. The van der Waals surface area contributed by atoms with E-state index < -0.39 is 0 Å². The molecule has 7 heteroatoms. The Morgan fingerprint density at radius 3 is 2.77 bits per heavy atom. The molecule has 6 nitrogen and oxygen atoms in total. The molecule has 0 amide bonds. The molecule has 3 aromatic rings. The first-order chi connectivity index (χ1) is 12.6. The molecule has 0 bridgehead atoms. The summed E-state index contributed by atoms with van der Waals surface area (Å²) in [5.74, 6) is 0.687. The minimum atomic E-state index is 0.467. The molecule has 0 radical (unpaired) electrons. The lowest BCUT2D eigenvalue weighted by molar-refractivity contribution is 0.460.